The van der Waals surface area contributed by atoms with Gasteiger partial charge in [0.25, 0.3) is 10.0 Å². The molecule has 0 fully saturated rings. The fourth-order valence-electron chi connectivity index (χ4n) is 4.20. The number of benzene rings is 3. The van der Waals surface area contributed by atoms with Crippen molar-refractivity contribution in [2.24, 2.45) is 5.18 Å². The van der Waals surface area contributed by atoms with E-state index in [9.17, 15) is 22.9 Å². The number of hydrogen-bond donors (Lipinski definition) is 1. The standard InChI is InChI=1S/C27H26Cl2N4O6S/c1-27(2,3)39-25(34)16-33(40(37,38)23-13-18(28)12-19(29)14-23)22-7-8-24-17(11-22)9-10-32(24)26(35)30-20-5-4-6-21(15-20)31-36/h4-8,11-15H,9-10,16H2,1-3H3,(H,30,35). The van der Waals surface area contributed by atoms with Crippen molar-refractivity contribution in [2.45, 2.75) is 37.7 Å². The minimum absolute atomic E-state index is 0.119. The first-order valence-corrected chi connectivity index (χ1v) is 14.3. The summed E-state index contributed by atoms with van der Waals surface area (Å²) in [5, 5.41) is 5.85. The number of rotatable bonds is 7. The lowest BCUT2D eigenvalue weighted by Crippen LogP contribution is -2.39. The Morgan fingerprint density at radius 1 is 1.05 bits per heavy atom. The van der Waals surface area contributed by atoms with Gasteiger partial charge in [-0.15, -0.1) is 4.91 Å². The molecule has 0 spiro atoms. The van der Waals surface area contributed by atoms with Crippen LogP contribution < -0.4 is 14.5 Å². The number of ether oxygens (including phenoxy) is 1. The van der Waals surface area contributed by atoms with Gasteiger partial charge >= 0.3 is 12.0 Å². The minimum atomic E-state index is -4.31. The maximum Gasteiger partial charge on any atom is 0.327 e. The third-order valence-electron chi connectivity index (χ3n) is 5.81. The zero-order valence-corrected chi connectivity index (χ0v) is 24.2. The van der Waals surface area contributed by atoms with Crippen molar-refractivity contribution in [3.05, 3.63) is 81.2 Å². The number of sulfonamides is 1. The molecular weight excluding hydrogens is 579 g/mol. The molecule has 0 aromatic heterocycles. The van der Waals surface area contributed by atoms with E-state index >= 15 is 0 Å². The molecule has 40 heavy (non-hydrogen) atoms. The summed E-state index contributed by atoms with van der Waals surface area (Å²) in [7, 11) is -4.31. The zero-order chi connectivity index (χ0) is 29.2. The number of nitrogens with one attached hydrogen (secondary N) is 1. The highest BCUT2D eigenvalue weighted by atomic mass is 35.5. The monoisotopic (exact) mass is 604 g/mol. The lowest BCUT2D eigenvalue weighted by Gasteiger charge is -2.27. The molecule has 0 radical (unpaired) electrons. The number of fused-ring (bicyclic) bond motifs is 1. The Labute approximate surface area is 241 Å². The predicted octanol–water partition coefficient (Wildman–Crippen LogP) is 6.52. The molecule has 0 unspecified atom stereocenters. The van der Waals surface area contributed by atoms with Crippen LogP contribution in [0.25, 0.3) is 0 Å². The van der Waals surface area contributed by atoms with Crippen molar-refractivity contribution in [3.63, 3.8) is 0 Å². The van der Waals surface area contributed by atoms with Crippen LogP contribution in [0.4, 0.5) is 27.5 Å². The van der Waals surface area contributed by atoms with E-state index in [1.54, 1.807) is 45.0 Å². The summed E-state index contributed by atoms with van der Waals surface area (Å²) in [6.45, 7) is 4.77. The minimum Gasteiger partial charge on any atom is -0.459 e. The Hall–Kier alpha value is -3.67. The van der Waals surface area contributed by atoms with Gasteiger partial charge in [-0.1, -0.05) is 29.3 Å². The smallest absolute Gasteiger partial charge is 0.327 e. The van der Waals surface area contributed by atoms with E-state index in [-0.39, 0.29) is 26.3 Å². The Morgan fingerprint density at radius 3 is 2.40 bits per heavy atom. The fraction of sp³-hybridized carbons (Fsp3) is 0.259. The molecule has 0 bridgehead atoms. The van der Waals surface area contributed by atoms with Gasteiger partial charge < -0.3 is 10.1 Å². The van der Waals surface area contributed by atoms with Gasteiger partial charge in [0.2, 0.25) is 0 Å². The second-order valence-corrected chi connectivity index (χ2v) is 12.7. The number of anilines is 3. The normalized spacial score (nSPS) is 13.0. The third kappa shape index (κ3) is 6.72. The van der Waals surface area contributed by atoms with Crippen LogP contribution >= 0.6 is 23.2 Å². The summed E-state index contributed by atoms with van der Waals surface area (Å²) >= 11 is 12.1. The lowest BCUT2D eigenvalue weighted by atomic mass is 10.1. The average molecular weight is 606 g/mol. The Balaban J connectivity index is 1.67. The summed E-state index contributed by atoms with van der Waals surface area (Å²) < 4.78 is 33.9. The number of nitrogens with zero attached hydrogens (tertiary/aromatic N) is 3. The highest BCUT2D eigenvalue weighted by Gasteiger charge is 2.32. The van der Waals surface area contributed by atoms with Gasteiger partial charge in [-0.2, -0.15) is 0 Å². The van der Waals surface area contributed by atoms with Gasteiger partial charge in [0.15, 0.2) is 0 Å². The summed E-state index contributed by atoms with van der Waals surface area (Å²) in [5.41, 5.74) is 1.22. The number of hydrogen-bond acceptors (Lipinski definition) is 7. The van der Waals surface area contributed by atoms with Crippen LogP contribution in [-0.4, -0.2) is 39.1 Å². The van der Waals surface area contributed by atoms with E-state index in [2.05, 4.69) is 10.5 Å². The number of carbonyl (C=O) groups excluding carboxylic acids is 2. The molecule has 2 amide bonds. The molecule has 0 aliphatic carbocycles. The van der Waals surface area contributed by atoms with Gasteiger partial charge in [0.05, 0.1) is 10.6 Å². The average Bonchev–Trinajstić information content (AvgIpc) is 3.29. The van der Waals surface area contributed by atoms with Crippen molar-refractivity contribution >= 4 is 68.0 Å². The first-order valence-electron chi connectivity index (χ1n) is 12.1. The fourth-order valence-corrected chi connectivity index (χ4v) is 6.32. The Bertz CT molecular complexity index is 1570. The first-order chi connectivity index (χ1) is 18.8. The van der Waals surface area contributed by atoms with E-state index in [0.717, 1.165) is 4.31 Å². The third-order valence-corrected chi connectivity index (χ3v) is 8.00. The summed E-state index contributed by atoms with van der Waals surface area (Å²) in [6, 6.07) is 14.4. The van der Waals surface area contributed by atoms with E-state index in [1.807, 2.05) is 0 Å². The van der Waals surface area contributed by atoms with Crippen molar-refractivity contribution in [1.29, 1.82) is 0 Å². The van der Waals surface area contributed by atoms with Gasteiger partial charge in [-0.25, -0.2) is 13.2 Å². The first kappa shape index (κ1) is 29.3. The molecule has 1 heterocycles. The summed E-state index contributed by atoms with van der Waals surface area (Å²) in [6.07, 6.45) is 0.440. The number of nitroso groups, excluding NO2 is 1. The SMILES string of the molecule is CC(C)(C)OC(=O)CN(c1ccc2c(c1)CCN2C(=O)Nc1cccc(N=O)c1)S(=O)(=O)c1cc(Cl)cc(Cl)c1. The van der Waals surface area contributed by atoms with Crippen LogP contribution in [0, 0.1) is 4.91 Å². The Kier molecular flexibility index (Phi) is 8.38. The second kappa shape index (κ2) is 11.4. The van der Waals surface area contributed by atoms with Crippen LogP contribution in [-0.2, 0) is 26.0 Å². The van der Waals surface area contributed by atoms with Crippen LogP contribution in [0.2, 0.25) is 10.0 Å². The molecule has 3 aromatic rings. The maximum absolute atomic E-state index is 13.8. The highest BCUT2D eigenvalue weighted by molar-refractivity contribution is 7.92. The number of amides is 2. The summed E-state index contributed by atoms with van der Waals surface area (Å²) in [5.74, 6) is -0.752. The van der Waals surface area contributed by atoms with Crippen molar-refractivity contribution in [1.82, 2.24) is 0 Å². The van der Waals surface area contributed by atoms with Crippen LogP contribution in [0.5, 0.6) is 0 Å². The predicted molar refractivity (Wildman–Crippen MR) is 155 cm³/mol. The Morgan fingerprint density at radius 2 is 1.75 bits per heavy atom. The molecular formula is C27H26Cl2N4O6S. The molecule has 0 saturated carbocycles. The molecule has 3 aromatic carbocycles. The molecule has 4 rings (SSSR count). The molecule has 10 nitrogen and oxygen atoms in total. The molecule has 1 aliphatic heterocycles. The number of urea groups is 1. The molecule has 13 heteroatoms. The quantitative estimate of drug-likeness (QED) is 0.241. The zero-order valence-electron chi connectivity index (χ0n) is 21.9. The number of halogens is 2. The van der Waals surface area contributed by atoms with Gasteiger partial charge in [0, 0.05) is 28.0 Å². The molecule has 0 saturated heterocycles. The van der Waals surface area contributed by atoms with E-state index in [0.29, 0.717) is 29.9 Å². The number of carbonyl (C=O) groups is 2. The summed E-state index contributed by atoms with van der Waals surface area (Å²) in [4.78, 5) is 37.9. The van der Waals surface area contributed by atoms with Crippen molar-refractivity contribution in [3.8, 4) is 0 Å². The van der Waals surface area contributed by atoms with Crippen molar-refractivity contribution in [2.75, 3.05) is 27.6 Å². The molecule has 0 atom stereocenters. The van der Waals surface area contributed by atoms with Crippen LogP contribution in [0.1, 0.15) is 26.3 Å². The van der Waals surface area contributed by atoms with Gasteiger partial charge in [0.1, 0.15) is 17.8 Å². The lowest BCUT2D eigenvalue weighted by molar-refractivity contribution is -0.152. The van der Waals surface area contributed by atoms with Crippen LogP contribution in [0.15, 0.2) is 70.7 Å². The maximum atomic E-state index is 13.8. The van der Waals surface area contributed by atoms with E-state index in [1.165, 1.54) is 41.3 Å². The number of esters is 1. The van der Waals surface area contributed by atoms with Crippen molar-refractivity contribution < 1.29 is 22.7 Å². The molecule has 1 N–H and O–H groups in total. The highest BCUT2D eigenvalue weighted by Crippen LogP contribution is 2.35. The molecule has 1 aliphatic rings. The topological polar surface area (TPSA) is 125 Å². The van der Waals surface area contributed by atoms with E-state index in [4.69, 9.17) is 27.9 Å². The van der Waals surface area contributed by atoms with Gasteiger partial charge in [-0.3, -0.25) is 14.0 Å². The second-order valence-electron chi connectivity index (χ2n) is 9.99. The largest absolute Gasteiger partial charge is 0.459 e. The molecule has 210 valence electrons. The van der Waals surface area contributed by atoms with E-state index < -0.39 is 34.2 Å². The van der Waals surface area contributed by atoms with Gasteiger partial charge in [-0.05, 0) is 92.5 Å². The van der Waals surface area contributed by atoms with Crippen LogP contribution in [0.3, 0.4) is 0 Å².